The number of ether oxygens (including phenoxy) is 4. The number of carboxylic acids is 2. The quantitative estimate of drug-likeness (QED) is 0.554. The lowest BCUT2D eigenvalue weighted by Gasteiger charge is -2.35. The molecule has 1 aliphatic rings. The smallest absolute Gasteiger partial charge is 0.414 e. The van der Waals surface area contributed by atoms with Gasteiger partial charge in [0.15, 0.2) is 11.5 Å². The Morgan fingerprint density at radius 2 is 1.37 bits per heavy atom. The van der Waals surface area contributed by atoms with Crippen molar-refractivity contribution in [3.8, 4) is 23.0 Å². The molecule has 1 aliphatic heterocycles. The van der Waals surface area contributed by atoms with E-state index in [0.29, 0.717) is 35.9 Å². The summed E-state index contributed by atoms with van der Waals surface area (Å²) in [5.41, 5.74) is 1.73. The third kappa shape index (κ3) is 7.51. The fraction of sp³-hybridized carbons (Fsp3) is 0.375. The van der Waals surface area contributed by atoms with Crippen LogP contribution in [0.2, 0.25) is 0 Å². The van der Waals surface area contributed by atoms with Crippen LogP contribution >= 0.6 is 0 Å². The topological polar surface area (TPSA) is 135 Å². The second kappa shape index (κ2) is 13.0. The van der Waals surface area contributed by atoms with Gasteiger partial charge in [-0.05, 0) is 29.8 Å². The predicted molar refractivity (Wildman–Crippen MR) is 126 cm³/mol. The van der Waals surface area contributed by atoms with Crippen molar-refractivity contribution >= 4 is 17.8 Å². The number of benzene rings is 2. The summed E-state index contributed by atoms with van der Waals surface area (Å²) in [4.78, 5) is 35.4. The number of rotatable bonds is 7. The van der Waals surface area contributed by atoms with E-state index < -0.39 is 11.9 Å². The van der Waals surface area contributed by atoms with Crippen LogP contribution in [0.3, 0.4) is 0 Å². The molecule has 0 spiro atoms. The van der Waals surface area contributed by atoms with E-state index in [-0.39, 0.29) is 5.91 Å². The maximum atomic E-state index is 13.0. The minimum absolute atomic E-state index is 0.0368. The second-order valence-corrected chi connectivity index (χ2v) is 7.44. The van der Waals surface area contributed by atoms with Gasteiger partial charge in [-0.15, -0.1) is 0 Å². The van der Waals surface area contributed by atoms with E-state index in [1.165, 1.54) is 5.56 Å². The monoisotopic (exact) mass is 490 g/mol. The van der Waals surface area contributed by atoms with Crippen LogP contribution in [-0.4, -0.2) is 92.5 Å². The first kappa shape index (κ1) is 27.3. The molecule has 2 N–H and O–H groups in total. The van der Waals surface area contributed by atoms with Crippen LogP contribution in [-0.2, 0) is 16.1 Å². The molecule has 0 radical (unpaired) electrons. The largest absolute Gasteiger partial charge is 0.497 e. The molecule has 35 heavy (non-hydrogen) atoms. The highest BCUT2D eigenvalue weighted by atomic mass is 16.5. The number of hydrogen-bond donors (Lipinski definition) is 2. The number of carbonyl (C=O) groups excluding carboxylic acids is 1. The van der Waals surface area contributed by atoms with Gasteiger partial charge >= 0.3 is 11.9 Å². The Morgan fingerprint density at radius 3 is 1.83 bits per heavy atom. The Labute approximate surface area is 203 Å². The molecule has 1 heterocycles. The van der Waals surface area contributed by atoms with Crippen LogP contribution < -0.4 is 18.9 Å². The molecule has 1 saturated heterocycles. The number of carbonyl (C=O) groups is 3. The molecule has 3 rings (SSSR count). The average molecular weight is 491 g/mol. The summed E-state index contributed by atoms with van der Waals surface area (Å²) in [5, 5.41) is 14.8. The van der Waals surface area contributed by atoms with Crippen LogP contribution in [0.25, 0.3) is 0 Å². The molecule has 0 aliphatic carbocycles. The molecule has 0 unspecified atom stereocenters. The summed E-state index contributed by atoms with van der Waals surface area (Å²) in [6.45, 7) is 3.79. The van der Waals surface area contributed by atoms with Gasteiger partial charge in [0, 0.05) is 38.3 Å². The highest BCUT2D eigenvalue weighted by Crippen LogP contribution is 2.38. The van der Waals surface area contributed by atoms with Crippen molar-refractivity contribution in [2.45, 2.75) is 6.54 Å². The van der Waals surface area contributed by atoms with Gasteiger partial charge in [0.05, 0.1) is 28.4 Å². The van der Waals surface area contributed by atoms with Crippen molar-refractivity contribution in [1.29, 1.82) is 0 Å². The number of amides is 1. The Kier molecular flexibility index (Phi) is 10.2. The molecule has 11 heteroatoms. The number of nitrogens with zero attached hydrogens (tertiary/aromatic N) is 2. The van der Waals surface area contributed by atoms with Crippen LogP contribution in [0.1, 0.15) is 15.9 Å². The predicted octanol–water partition coefficient (Wildman–Crippen LogP) is 1.83. The molecule has 1 amide bonds. The number of aliphatic carboxylic acids is 2. The summed E-state index contributed by atoms with van der Waals surface area (Å²) in [6, 6.07) is 11.5. The van der Waals surface area contributed by atoms with E-state index in [1.54, 1.807) is 40.6 Å². The van der Waals surface area contributed by atoms with Gasteiger partial charge in [-0.1, -0.05) is 12.1 Å². The summed E-state index contributed by atoms with van der Waals surface area (Å²) >= 11 is 0. The highest BCUT2D eigenvalue weighted by Gasteiger charge is 2.25. The maximum absolute atomic E-state index is 13.0. The van der Waals surface area contributed by atoms with Crippen molar-refractivity contribution in [3.63, 3.8) is 0 Å². The van der Waals surface area contributed by atoms with Gasteiger partial charge in [0.25, 0.3) is 5.91 Å². The molecule has 2 aromatic carbocycles. The van der Waals surface area contributed by atoms with Crippen molar-refractivity contribution < 1.29 is 43.5 Å². The normalized spacial score (nSPS) is 13.2. The van der Waals surface area contributed by atoms with Gasteiger partial charge in [-0.25, -0.2) is 9.59 Å². The summed E-state index contributed by atoms with van der Waals surface area (Å²) < 4.78 is 21.4. The fourth-order valence-corrected chi connectivity index (χ4v) is 3.53. The first-order chi connectivity index (χ1) is 16.7. The van der Waals surface area contributed by atoms with Gasteiger partial charge in [-0.2, -0.15) is 0 Å². The number of piperazine rings is 1. The second-order valence-electron chi connectivity index (χ2n) is 7.44. The van der Waals surface area contributed by atoms with E-state index >= 15 is 0 Å². The van der Waals surface area contributed by atoms with Gasteiger partial charge in [-0.3, -0.25) is 9.69 Å². The Hall–Kier alpha value is -3.99. The zero-order chi connectivity index (χ0) is 26.0. The maximum Gasteiger partial charge on any atom is 0.414 e. The van der Waals surface area contributed by atoms with E-state index in [1.807, 2.05) is 23.1 Å². The molecular formula is C24H30N2O9. The fourth-order valence-electron chi connectivity index (χ4n) is 3.53. The standard InChI is InChI=1S/C22H28N2O5.C2H2O4/c1-26-18-7-5-6-16(12-18)15-23-8-10-24(11-9-23)22(25)17-13-19(27-2)21(29-4)20(14-17)28-3;3-1(4)2(5)6/h5-7,12-14H,8-11,15H2,1-4H3;(H,3,4)(H,5,6). The van der Waals surface area contributed by atoms with Gasteiger partial charge in [0.1, 0.15) is 5.75 Å². The Morgan fingerprint density at radius 1 is 0.800 bits per heavy atom. The Balaban J connectivity index is 0.000000641. The van der Waals surface area contributed by atoms with Crippen molar-refractivity contribution in [2.75, 3.05) is 54.6 Å². The molecule has 0 bridgehead atoms. The first-order valence-electron chi connectivity index (χ1n) is 10.6. The lowest BCUT2D eigenvalue weighted by molar-refractivity contribution is -0.159. The number of carboxylic acid groups (broad SMARTS) is 2. The molecule has 190 valence electrons. The van der Waals surface area contributed by atoms with Crippen molar-refractivity contribution in [1.82, 2.24) is 9.80 Å². The molecular weight excluding hydrogens is 460 g/mol. The lowest BCUT2D eigenvalue weighted by atomic mass is 10.1. The molecule has 0 saturated carbocycles. The zero-order valence-electron chi connectivity index (χ0n) is 20.1. The zero-order valence-corrected chi connectivity index (χ0v) is 20.1. The summed E-state index contributed by atoms with van der Waals surface area (Å²) in [7, 11) is 6.31. The lowest BCUT2D eigenvalue weighted by Crippen LogP contribution is -2.48. The summed E-state index contributed by atoms with van der Waals surface area (Å²) in [5.74, 6) is -1.39. The minimum Gasteiger partial charge on any atom is -0.497 e. The molecule has 0 aromatic heterocycles. The van der Waals surface area contributed by atoms with E-state index in [9.17, 15) is 4.79 Å². The third-order valence-electron chi connectivity index (χ3n) is 5.29. The highest BCUT2D eigenvalue weighted by molar-refractivity contribution is 6.27. The average Bonchev–Trinajstić information content (AvgIpc) is 2.88. The summed E-state index contributed by atoms with van der Waals surface area (Å²) in [6.07, 6.45) is 0. The molecule has 2 aromatic rings. The van der Waals surface area contributed by atoms with E-state index in [4.69, 9.17) is 38.7 Å². The number of methoxy groups -OCH3 is 4. The van der Waals surface area contributed by atoms with Crippen LogP contribution in [0.4, 0.5) is 0 Å². The van der Waals surface area contributed by atoms with Crippen molar-refractivity contribution in [3.05, 3.63) is 47.5 Å². The molecule has 0 atom stereocenters. The van der Waals surface area contributed by atoms with Crippen LogP contribution in [0, 0.1) is 0 Å². The molecule has 1 fully saturated rings. The van der Waals surface area contributed by atoms with Gasteiger partial charge in [0.2, 0.25) is 5.75 Å². The first-order valence-corrected chi connectivity index (χ1v) is 10.6. The third-order valence-corrected chi connectivity index (χ3v) is 5.29. The SMILES string of the molecule is COc1cccc(CN2CCN(C(=O)c3cc(OC)c(OC)c(OC)c3)CC2)c1.O=C(O)C(=O)O. The van der Waals surface area contributed by atoms with Crippen LogP contribution in [0.15, 0.2) is 36.4 Å². The number of hydrogen-bond acceptors (Lipinski definition) is 8. The minimum atomic E-state index is -1.82. The van der Waals surface area contributed by atoms with E-state index in [2.05, 4.69) is 11.0 Å². The van der Waals surface area contributed by atoms with Gasteiger partial charge < -0.3 is 34.1 Å². The van der Waals surface area contributed by atoms with Crippen LogP contribution in [0.5, 0.6) is 23.0 Å². The van der Waals surface area contributed by atoms with Crippen molar-refractivity contribution in [2.24, 2.45) is 0 Å². The Bertz CT molecular complexity index is 996. The molecule has 11 nitrogen and oxygen atoms in total. The van der Waals surface area contributed by atoms with E-state index in [0.717, 1.165) is 25.4 Å².